The molecule has 0 bridgehead atoms. The van der Waals surface area contributed by atoms with E-state index in [2.05, 4.69) is 36.2 Å². The second kappa shape index (κ2) is 6.63. The third kappa shape index (κ3) is 4.31. The van der Waals surface area contributed by atoms with Gasteiger partial charge < -0.3 is 5.32 Å². The SMILES string of the molecule is CCNCC(Cc1ncnn1C)CC(C)C. The van der Waals surface area contributed by atoms with Crippen LogP contribution in [0.3, 0.4) is 0 Å². The van der Waals surface area contributed by atoms with Crippen molar-refractivity contribution in [1.29, 1.82) is 0 Å². The lowest BCUT2D eigenvalue weighted by Gasteiger charge is -2.18. The van der Waals surface area contributed by atoms with Crippen LogP contribution in [0.15, 0.2) is 6.33 Å². The minimum atomic E-state index is 0.655. The Morgan fingerprint density at radius 3 is 2.69 bits per heavy atom. The van der Waals surface area contributed by atoms with Crippen LogP contribution in [0, 0.1) is 11.8 Å². The molecule has 1 aromatic rings. The zero-order chi connectivity index (χ0) is 12.0. The van der Waals surface area contributed by atoms with Gasteiger partial charge in [0.25, 0.3) is 0 Å². The van der Waals surface area contributed by atoms with Gasteiger partial charge in [-0.15, -0.1) is 0 Å². The van der Waals surface area contributed by atoms with Crippen LogP contribution in [0.5, 0.6) is 0 Å². The minimum Gasteiger partial charge on any atom is -0.317 e. The number of nitrogens with zero attached hydrogens (tertiary/aromatic N) is 3. The van der Waals surface area contributed by atoms with E-state index in [0.717, 1.165) is 31.3 Å². The smallest absolute Gasteiger partial charge is 0.138 e. The van der Waals surface area contributed by atoms with Crippen molar-refractivity contribution in [2.24, 2.45) is 18.9 Å². The third-order valence-electron chi connectivity index (χ3n) is 2.76. The second-order valence-electron chi connectivity index (χ2n) is 4.81. The van der Waals surface area contributed by atoms with E-state index in [9.17, 15) is 0 Å². The Morgan fingerprint density at radius 1 is 1.44 bits per heavy atom. The van der Waals surface area contributed by atoms with Gasteiger partial charge in [-0.2, -0.15) is 5.10 Å². The minimum absolute atomic E-state index is 0.655. The van der Waals surface area contributed by atoms with Crippen LogP contribution >= 0.6 is 0 Å². The largest absolute Gasteiger partial charge is 0.317 e. The fraction of sp³-hybridized carbons (Fsp3) is 0.833. The maximum atomic E-state index is 4.30. The van der Waals surface area contributed by atoms with Gasteiger partial charge in [-0.3, -0.25) is 4.68 Å². The number of aromatic nitrogens is 3. The normalized spacial score (nSPS) is 13.3. The summed E-state index contributed by atoms with van der Waals surface area (Å²) in [5, 5.41) is 7.54. The summed E-state index contributed by atoms with van der Waals surface area (Å²) in [5.74, 6) is 2.48. The highest BCUT2D eigenvalue weighted by Gasteiger charge is 2.14. The standard InChI is InChI=1S/C12H24N4/c1-5-13-8-11(6-10(2)3)7-12-14-9-15-16(12)4/h9-11,13H,5-8H2,1-4H3. The Hall–Kier alpha value is -0.900. The van der Waals surface area contributed by atoms with Gasteiger partial charge in [-0.25, -0.2) is 4.98 Å². The molecule has 1 heterocycles. The summed E-state index contributed by atoms with van der Waals surface area (Å²) >= 11 is 0. The number of hydrogen-bond acceptors (Lipinski definition) is 3. The van der Waals surface area contributed by atoms with Gasteiger partial charge >= 0.3 is 0 Å². The van der Waals surface area contributed by atoms with Crippen molar-refractivity contribution < 1.29 is 0 Å². The van der Waals surface area contributed by atoms with Crippen molar-refractivity contribution in [2.45, 2.75) is 33.6 Å². The number of rotatable bonds is 7. The van der Waals surface area contributed by atoms with Crippen molar-refractivity contribution in [3.8, 4) is 0 Å². The Labute approximate surface area is 98.5 Å². The van der Waals surface area contributed by atoms with E-state index in [4.69, 9.17) is 0 Å². The fourth-order valence-electron chi connectivity index (χ4n) is 2.02. The molecule has 0 radical (unpaired) electrons. The summed E-state index contributed by atoms with van der Waals surface area (Å²) in [6.07, 6.45) is 3.89. The van der Waals surface area contributed by atoms with E-state index in [0.29, 0.717) is 5.92 Å². The van der Waals surface area contributed by atoms with Gasteiger partial charge in [0, 0.05) is 13.5 Å². The Balaban J connectivity index is 2.52. The first-order valence-electron chi connectivity index (χ1n) is 6.17. The molecule has 92 valence electrons. The van der Waals surface area contributed by atoms with Crippen molar-refractivity contribution >= 4 is 0 Å². The quantitative estimate of drug-likeness (QED) is 0.765. The lowest BCUT2D eigenvalue weighted by atomic mass is 9.94. The molecule has 1 rings (SSSR count). The molecule has 1 unspecified atom stereocenters. The first-order chi connectivity index (χ1) is 7.63. The molecule has 0 aromatic carbocycles. The van der Waals surface area contributed by atoms with E-state index < -0.39 is 0 Å². The summed E-state index contributed by atoms with van der Waals surface area (Å²) in [5.41, 5.74) is 0. The van der Waals surface area contributed by atoms with Crippen LogP contribution in [-0.2, 0) is 13.5 Å². The maximum absolute atomic E-state index is 4.30. The number of aryl methyl sites for hydroxylation is 1. The van der Waals surface area contributed by atoms with Crippen molar-refractivity contribution in [1.82, 2.24) is 20.1 Å². The topological polar surface area (TPSA) is 42.7 Å². The molecular formula is C12H24N4. The predicted molar refractivity (Wildman–Crippen MR) is 66.2 cm³/mol. The van der Waals surface area contributed by atoms with E-state index in [1.54, 1.807) is 6.33 Å². The number of nitrogens with one attached hydrogen (secondary N) is 1. The fourth-order valence-corrected chi connectivity index (χ4v) is 2.02. The molecule has 1 aromatic heterocycles. The number of hydrogen-bond donors (Lipinski definition) is 1. The van der Waals surface area contributed by atoms with Gasteiger partial charge in [0.05, 0.1) is 0 Å². The molecule has 0 amide bonds. The predicted octanol–water partition coefficient (Wildman–Crippen LogP) is 1.63. The van der Waals surface area contributed by atoms with E-state index in [1.807, 2.05) is 11.7 Å². The molecule has 0 spiro atoms. The summed E-state index contributed by atoms with van der Waals surface area (Å²) in [4.78, 5) is 4.30. The van der Waals surface area contributed by atoms with Crippen molar-refractivity contribution in [3.05, 3.63) is 12.2 Å². The van der Waals surface area contributed by atoms with Gasteiger partial charge in [-0.1, -0.05) is 20.8 Å². The Kier molecular flexibility index (Phi) is 5.46. The van der Waals surface area contributed by atoms with Crippen LogP contribution in [0.25, 0.3) is 0 Å². The van der Waals surface area contributed by atoms with Crippen LogP contribution in [0.2, 0.25) is 0 Å². The molecule has 0 saturated heterocycles. The lowest BCUT2D eigenvalue weighted by molar-refractivity contribution is 0.378. The lowest BCUT2D eigenvalue weighted by Crippen LogP contribution is -2.26. The zero-order valence-corrected chi connectivity index (χ0v) is 10.9. The monoisotopic (exact) mass is 224 g/mol. The van der Waals surface area contributed by atoms with Gasteiger partial charge in [0.2, 0.25) is 0 Å². The molecule has 4 heteroatoms. The van der Waals surface area contributed by atoms with E-state index in [1.165, 1.54) is 6.42 Å². The maximum Gasteiger partial charge on any atom is 0.138 e. The highest BCUT2D eigenvalue weighted by molar-refractivity contribution is 4.87. The van der Waals surface area contributed by atoms with Gasteiger partial charge in [-0.05, 0) is 31.3 Å². The molecule has 0 fully saturated rings. The van der Waals surface area contributed by atoms with Crippen LogP contribution in [-0.4, -0.2) is 27.9 Å². The molecule has 0 aliphatic heterocycles. The summed E-state index contributed by atoms with van der Waals surface area (Å²) in [6.45, 7) is 8.80. The Bertz CT molecular complexity index is 293. The molecule has 4 nitrogen and oxygen atoms in total. The van der Waals surface area contributed by atoms with E-state index >= 15 is 0 Å². The van der Waals surface area contributed by atoms with Crippen molar-refractivity contribution in [2.75, 3.05) is 13.1 Å². The second-order valence-corrected chi connectivity index (χ2v) is 4.81. The molecule has 1 N–H and O–H groups in total. The zero-order valence-electron chi connectivity index (χ0n) is 10.9. The van der Waals surface area contributed by atoms with Gasteiger partial charge in [0.15, 0.2) is 0 Å². The molecule has 16 heavy (non-hydrogen) atoms. The van der Waals surface area contributed by atoms with Crippen LogP contribution in [0.4, 0.5) is 0 Å². The molecular weight excluding hydrogens is 200 g/mol. The Morgan fingerprint density at radius 2 is 2.19 bits per heavy atom. The molecule has 1 atom stereocenters. The first-order valence-corrected chi connectivity index (χ1v) is 6.17. The van der Waals surface area contributed by atoms with Crippen LogP contribution in [0.1, 0.15) is 33.0 Å². The third-order valence-corrected chi connectivity index (χ3v) is 2.76. The summed E-state index contributed by atoms with van der Waals surface area (Å²) < 4.78 is 1.87. The average Bonchev–Trinajstić information content (AvgIpc) is 2.60. The molecule has 0 aliphatic rings. The highest BCUT2D eigenvalue weighted by Crippen LogP contribution is 2.15. The molecule has 0 saturated carbocycles. The first kappa shape index (κ1) is 13.2. The average molecular weight is 224 g/mol. The van der Waals surface area contributed by atoms with Crippen LogP contribution < -0.4 is 5.32 Å². The molecule has 0 aliphatic carbocycles. The summed E-state index contributed by atoms with van der Waals surface area (Å²) in [6, 6.07) is 0. The summed E-state index contributed by atoms with van der Waals surface area (Å²) in [7, 11) is 1.96. The van der Waals surface area contributed by atoms with E-state index in [-0.39, 0.29) is 0 Å². The van der Waals surface area contributed by atoms with Gasteiger partial charge in [0.1, 0.15) is 12.2 Å². The van der Waals surface area contributed by atoms with Crippen molar-refractivity contribution in [3.63, 3.8) is 0 Å². The highest BCUT2D eigenvalue weighted by atomic mass is 15.3.